The molecule has 0 saturated carbocycles. The van der Waals surface area contributed by atoms with E-state index in [1.807, 2.05) is 0 Å². The predicted octanol–water partition coefficient (Wildman–Crippen LogP) is 3.41. The van der Waals surface area contributed by atoms with Crippen LogP contribution in [0, 0.1) is 5.82 Å². The van der Waals surface area contributed by atoms with Gasteiger partial charge in [0.1, 0.15) is 16.4 Å². The van der Waals surface area contributed by atoms with E-state index in [-0.39, 0.29) is 11.3 Å². The standard InChI is InChI=1S/C16H12F3N3O2S/c1-25(23,24)15-5-4-10(7-12(15)17)14-8-13(16(18)19)21-22(14)11-3-2-6-20-9-11/h2-9,16H,1H3. The Bertz CT molecular complexity index is 1020. The average molecular weight is 367 g/mol. The highest BCUT2D eigenvalue weighted by molar-refractivity contribution is 7.90. The third-order valence-corrected chi connectivity index (χ3v) is 4.60. The summed E-state index contributed by atoms with van der Waals surface area (Å²) >= 11 is 0. The van der Waals surface area contributed by atoms with Crippen LogP contribution in [0.4, 0.5) is 13.2 Å². The molecular formula is C16H12F3N3O2S. The number of alkyl halides is 2. The van der Waals surface area contributed by atoms with Crippen molar-refractivity contribution in [1.82, 2.24) is 14.8 Å². The Hall–Kier alpha value is -2.68. The van der Waals surface area contributed by atoms with Crippen LogP contribution in [0.1, 0.15) is 12.1 Å². The fourth-order valence-electron chi connectivity index (χ4n) is 2.35. The fourth-order valence-corrected chi connectivity index (χ4v) is 3.08. The second-order valence-electron chi connectivity index (χ2n) is 5.30. The summed E-state index contributed by atoms with van der Waals surface area (Å²) in [6.07, 6.45) is 1.02. The number of hydrogen-bond acceptors (Lipinski definition) is 4. The van der Waals surface area contributed by atoms with E-state index in [9.17, 15) is 21.6 Å². The molecule has 0 bridgehead atoms. The van der Waals surface area contributed by atoms with E-state index in [1.54, 1.807) is 12.1 Å². The highest BCUT2D eigenvalue weighted by Gasteiger charge is 2.20. The maximum atomic E-state index is 14.2. The van der Waals surface area contributed by atoms with Crippen molar-refractivity contribution in [3.8, 4) is 16.9 Å². The lowest BCUT2D eigenvalue weighted by Crippen LogP contribution is -2.03. The Balaban J connectivity index is 2.19. The molecule has 3 aromatic rings. The molecule has 25 heavy (non-hydrogen) atoms. The molecule has 0 unspecified atom stereocenters. The molecule has 0 aliphatic rings. The first-order valence-electron chi connectivity index (χ1n) is 7.06. The summed E-state index contributed by atoms with van der Waals surface area (Å²) in [5.41, 5.74) is 0.346. The summed E-state index contributed by atoms with van der Waals surface area (Å²) < 4.78 is 64.5. The third-order valence-electron chi connectivity index (χ3n) is 3.47. The van der Waals surface area contributed by atoms with Gasteiger partial charge in [0, 0.05) is 18.0 Å². The highest BCUT2D eigenvalue weighted by Crippen LogP contribution is 2.29. The van der Waals surface area contributed by atoms with Crippen molar-refractivity contribution in [1.29, 1.82) is 0 Å². The van der Waals surface area contributed by atoms with Crippen molar-refractivity contribution < 1.29 is 21.6 Å². The minimum atomic E-state index is -3.73. The van der Waals surface area contributed by atoms with Crippen molar-refractivity contribution in [2.75, 3.05) is 6.26 Å². The zero-order chi connectivity index (χ0) is 18.2. The number of aromatic nitrogens is 3. The molecule has 1 aromatic carbocycles. The summed E-state index contributed by atoms with van der Waals surface area (Å²) in [6, 6.07) is 7.78. The molecule has 5 nitrogen and oxygen atoms in total. The number of pyridine rings is 1. The van der Waals surface area contributed by atoms with E-state index < -0.39 is 32.7 Å². The fraction of sp³-hybridized carbons (Fsp3) is 0.125. The zero-order valence-corrected chi connectivity index (χ0v) is 13.7. The first-order chi connectivity index (χ1) is 11.8. The van der Waals surface area contributed by atoms with Crippen LogP contribution in [-0.2, 0) is 9.84 Å². The number of rotatable bonds is 4. The van der Waals surface area contributed by atoms with Gasteiger partial charge in [-0.25, -0.2) is 26.3 Å². The molecule has 0 radical (unpaired) electrons. The molecule has 0 saturated heterocycles. The van der Waals surface area contributed by atoms with Crippen molar-refractivity contribution in [2.24, 2.45) is 0 Å². The Kier molecular flexibility index (Phi) is 4.34. The summed E-state index contributed by atoms with van der Waals surface area (Å²) in [6.45, 7) is 0. The second kappa shape index (κ2) is 6.32. The molecule has 2 aromatic heterocycles. The highest BCUT2D eigenvalue weighted by atomic mass is 32.2. The van der Waals surface area contributed by atoms with E-state index in [0.717, 1.165) is 24.5 Å². The average Bonchev–Trinajstić information content (AvgIpc) is 3.00. The molecule has 0 N–H and O–H groups in total. The zero-order valence-electron chi connectivity index (χ0n) is 12.9. The molecular weight excluding hydrogens is 355 g/mol. The van der Waals surface area contributed by atoms with Crippen LogP contribution in [0.15, 0.2) is 53.7 Å². The number of benzene rings is 1. The van der Waals surface area contributed by atoms with Crippen molar-refractivity contribution in [3.63, 3.8) is 0 Å². The number of nitrogens with zero attached hydrogens (tertiary/aromatic N) is 3. The maximum Gasteiger partial charge on any atom is 0.282 e. The van der Waals surface area contributed by atoms with Crippen LogP contribution in [0.3, 0.4) is 0 Å². The first-order valence-corrected chi connectivity index (χ1v) is 8.95. The van der Waals surface area contributed by atoms with Crippen LogP contribution < -0.4 is 0 Å². The topological polar surface area (TPSA) is 64.8 Å². The Morgan fingerprint density at radius 1 is 1.16 bits per heavy atom. The smallest absolute Gasteiger partial charge is 0.262 e. The van der Waals surface area contributed by atoms with Gasteiger partial charge >= 0.3 is 0 Å². The predicted molar refractivity (Wildman–Crippen MR) is 84.8 cm³/mol. The van der Waals surface area contributed by atoms with Gasteiger partial charge in [-0.2, -0.15) is 5.10 Å². The van der Waals surface area contributed by atoms with E-state index in [4.69, 9.17) is 0 Å². The molecule has 130 valence electrons. The largest absolute Gasteiger partial charge is 0.282 e. The number of hydrogen-bond donors (Lipinski definition) is 0. The summed E-state index contributed by atoms with van der Waals surface area (Å²) in [4.78, 5) is 3.45. The van der Waals surface area contributed by atoms with Gasteiger partial charge in [-0.1, -0.05) is 6.07 Å². The Morgan fingerprint density at radius 3 is 2.48 bits per heavy atom. The van der Waals surface area contributed by atoms with E-state index in [1.165, 1.54) is 23.1 Å². The van der Waals surface area contributed by atoms with Gasteiger partial charge in [0.15, 0.2) is 9.84 Å². The quantitative estimate of drug-likeness (QED) is 0.709. The second-order valence-corrected chi connectivity index (χ2v) is 7.28. The molecule has 0 amide bonds. The van der Waals surface area contributed by atoms with Gasteiger partial charge in [-0.05, 0) is 30.3 Å². The van der Waals surface area contributed by atoms with Crippen LogP contribution in [-0.4, -0.2) is 29.4 Å². The molecule has 0 aliphatic heterocycles. The van der Waals surface area contributed by atoms with E-state index in [0.29, 0.717) is 5.69 Å². The number of halogens is 3. The summed E-state index contributed by atoms with van der Waals surface area (Å²) in [5.74, 6) is -0.961. The molecule has 3 rings (SSSR count). The normalized spacial score (nSPS) is 11.9. The number of sulfone groups is 1. The Labute approximate surface area is 141 Å². The van der Waals surface area contributed by atoms with Gasteiger partial charge in [0.25, 0.3) is 6.43 Å². The van der Waals surface area contributed by atoms with Gasteiger partial charge in [0.2, 0.25) is 0 Å². The molecule has 9 heteroatoms. The Morgan fingerprint density at radius 2 is 1.92 bits per heavy atom. The third kappa shape index (κ3) is 3.41. The minimum absolute atomic E-state index is 0.197. The lowest BCUT2D eigenvalue weighted by molar-refractivity contribution is 0.145. The molecule has 0 fully saturated rings. The van der Waals surface area contributed by atoms with Crippen molar-refractivity contribution in [2.45, 2.75) is 11.3 Å². The molecule has 0 spiro atoms. The van der Waals surface area contributed by atoms with E-state index in [2.05, 4.69) is 10.1 Å². The van der Waals surface area contributed by atoms with E-state index >= 15 is 0 Å². The summed E-state index contributed by atoms with van der Waals surface area (Å²) in [7, 11) is -3.73. The van der Waals surface area contributed by atoms with Gasteiger partial charge in [-0.15, -0.1) is 0 Å². The van der Waals surface area contributed by atoms with Crippen LogP contribution in [0.2, 0.25) is 0 Å². The first kappa shape index (κ1) is 17.2. The lowest BCUT2D eigenvalue weighted by atomic mass is 10.1. The molecule has 0 atom stereocenters. The van der Waals surface area contributed by atoms with Gasteiger partial charge in [0.05, 0.1) is 17.6 Å². The monoisotopic (exact) mass is 367 g/mol. The SMILES string of the molecule is CS(=O)(=O)c1ccc(-c2cc(C(F)F)nn2-c2cccnc2)cc1F. The minimum Gasteiger partial charge on any atom is -0.262 e. The lowest BCUT2D eigenvalue weighted by Gasteiger charge is -2.08. The van der Waals surface area contributed by atoms with Gasteiger partial charge in [-0.3, -0.25) is 4.98 Å². The van der Waals surface area contributed by atoms with Crippen molar-refractivity contribution >= 4 is 9.84 Å². The molecule has 0 aliphatic carbocycles. The molecule has 2 heterocycles. The van der Waals surface area contributed by atoms with Gasteiger partial charge < -0.3 is 0 Å². The van der Waals surface area contributed by atoms with Crippen molar-refractivity contribution in [3.05, 3.63) is 60.3 Å². The van der Waals surface area contributed by atoms with Crippen LogP contribution in [0.5, 0.6) is 0 Å². The van der Waals surface area contributed by atoms with Crippen LogP contribution in [0.25, 0.3) is 16.9 Å². The van der Waals surface area contributed by atoms with Crippen LogP contribution >= 0.6 is 0 Å². The maximum absolute atomic E-state index is 14.2. The summed E-state index contributed by atoms with van der Waals surface area (Å²) in [5, 5.41) is 3.84.